The molecule has 0 amide bonds. The van der Waals surface area contributed by atoms with Gasteiger partial charge in [0, 0.05) is 5.69 Å². The van der Waals surface area contributed by atoms with Gasteiger partial charge in [0.1, 0.15) is 10.1 Å². The summed E-state index contributed by atoms with van der Waals surface area (Å²) in [4.78, 5) is 16.6. The van der Waals surface area contributed by atoms with E-state index in [0.29, 0.717) is 17.5 Å². The molecule has 7 nitrogen and oxygen atoms in total. The summed E-state index contributed by atoms with van der Waals surface area (Å²) in [5.74, 6) is 1.86. The van der Waals surface area contributed by atoms with Gasteiger partial charge in [0.25, 0.3) is 0 Å². The molecule has 1 aromatic carbocycles. The summed E-state index contributed by atoms with van der Waals surface area (Å²) >= 11 is 7.12. The smallest absolute Gasteiger partial charge is 0.232 e. The van der Waals surface area contributed by atoms with Gasteiger partial charge in [0.15, 0.2) is 0 Å². The van der Waals surface area contributed by atoms with E-state index in [0.717, 1.165) is 36.2 Å². The third-order valence-corrected chi connectivity index (χ3v) is 5.45. The maximum Gasteiger partial charge on any atom is 0.232 e. The van der Waals surface area contributed by atoms with E-state index in [2.05, 4.69) is 32.2 Å². The van der Waals surface area contributed by atoms with Crippen molar-refractivity contribution in [3.8, 4) is 0 Å². The normalized spacial score (nSPS) is 15.2. The van der Waals surface area contributed by atoms with Crippen LogP contribution in [-0.4, -0.2) is 57.4 Å². The van der Waals surface area contributed by atoms with Crippen molar-refractivity contribution in [2.75, 3.05) is 44.3 Å². The summed E-state index contributed by atoms with van der Waals surface area (Å²) in [6.07, 6.45) is 0. The number of nitrogen functional groups attached to an aromatic ring is 1. The Bertz CT molecular complexity index is 718. The molecular weight excluding hydrogens is 354 g/mol. The molecule has 3 rings (SSSR count). The first-order chi connectivity index (χ1) is 12.1. The molecular formula is C16H22N7S2+. The molecule has 132 valence electrons. The standard InChI is InChI=1S/C16H21N7S2/c1-22-7-9-23(10-8-22)16(24)25-11-13-19-14(17)21-15(20-13)18-12-5-3-2-4-6-12/h2-6H,7-11H2,1H3,(H3,17,18,19,20,21)/p+1. The lowest BCUT2D eigenvalue weighted by molar-refractivity contribution is -0.883. The fourth-order valence-electron chi connectivity index (χ4n) is 2.50. The number of thioether (sulfide) groups is 1. The van der Waals surface area contributed by atoms with Gasteiger partial charge >= 0.3 is 0 Å². The number of likely N-dealkylation sites (N-methyl/N-ethyl adjacent to an activating group) is 1. The molecule has 1 fully saturated rings. The third-order valence-electron chi connectivity index (χ3n) is 3.93. The lowest BCUT2D eigenvalue weighted by atomic mass is 10.3. The maximum absolute atomic E-state index is 5.82. The van der Waals surface area contributed by atoms with Crippen molar-refractivity contribution in [1.29, 1.82) is 0 Å². The summed E-state index contributed by atoms with van der Waals surface area (Å²) in [7, 11) is 2.21. The second kappa shape index (κ2) is 8.41. The van der Waals surface area contributed by atoms with Crippen LogP contribution in [0, 0.1) is 0 Å². The largest absolute Gasteiger partial charge is 0.368 e. The van der Waals surface area contributed by atoms with Gasteiger partial charge in [-0.3, -0.25) is 0 Å². The molecule has 1 aliphatic heterocycles. The van der Waals surface area contributed by atoms with E-state index in [4.69, 9.17) is 18.0 Å². The fourth-order valence-corrected chi connectivity index (χ4v) is 3.60. The van der Waals surface area contributed by atoms with Crippen LogP contribution in [0.25, 0.3) is 0 Å². The van der Waals surface area contributed by atoms with Crippen LogP contribution < -0.4 is 16.0 Å². The van der Waals surface area contributed by atoms with Crippen molar-refractivity contribution in [3.05, 3.63) is 36.2 Å². The van der Waals surface area contributed by atoms with E-state index in [1.807, 2.05) is 30.3 Å². The van der Waals surface area contributed by atoms with Crippen molar-refractivity contribution in [1.82, 2.24) is 19.9 Å². The Morgan fingerprint density at radius 3 is 2.68 bits per heavy atom. The average Bonchev–Trinajstić information content (AvgIpc) is 2.61. The summed E-state index contributed by atoms with van der Waals surface area (Å²) in [5, 5.41) is 3.14. The molecule has 1 saturated heterocycles. The lowest BCUT2D eigenvalue weighted by Gasteiger charge is -2.31. The highest BCUT2D eigenvalue weighted by molar-refractivity contribution is 8.22. The summed E-state index contributed by atoms with van der Waals surface area (Å²) in [6, 6.07) is 9.73. The number of aromatic nitrogens is 3. The number of hydrogen-bond acceptors (Lipinski definition) is 7. The molecule has 0 atom stereocenters. The first-order valence-electron chi connectivity index (χ1n) is 8.15. The SMILES string of the molecule is C[NH+]1CCN(C(=S)SCc2nc(N)nc(Nc3ccccc3)n2)CC1. The van der Waals surface area contributed by atoms with Gasteiger partial charge in [-0.2, -0.15) is 15.0 Å². The average molecular weight is 377 g/mol. The van der Waals surface area contributed by atoms with Crippen molar-refractivity contribution < 1.29 is 4.90 Å². The predicted octanol–water partition coefficient (Wildman–Crippen LogP) is 0.546. The summed E-state index contributed by atoms with van der Waals surface area (Å²) < 4.78 is 0.893. The highest BCUT2D eigenvalue weighted by Crippen LogP contribution is 2.17. The second-order valence-electron chi connectivity index (χ2n) is 5.92. The Morgan fingerprint density at radius 2 is 1.96 bits per heavy atom. The molecule has 4 N–H and O–H groups in total. The van der Waals surface area contributed by atoms with Gasteiger partial charge in [-0.1, -0.05) is 42.2 Å². The minimum Gasteiger partial charge on any atom is -0.368 e. The Labute approximate surface area is 157 Å². The molecule has 1 aromatic heterocycles. The Balaban J connectivity index is 1.59. The first-order valence-corrected chi connectivity index (χ1v) is 9.55. The highest BCUT2D eigenvalue weighted by Gasteiger charge is 2.19. The minimum absolute atomic E-state index is 0.207. The van der Waals surface area contributed by atoms with Crippen LogP contribution in [0.1, 0.15) is 5.82 Å². The predicted molar refractivity (Wildman–Crippen MR) is 106 cm³/mol. The van der Waals surface area contributed by atoms with Gasteiger partial charge < -0.3 is 20.9 Å². The lowest BCUT2D eigenvalue weighted by Crippen LogP contribution is -3.12. The molecule has 2 heterocycles. The zero-order chi connectivity index (χ0) is 17.6. The van der Waals surface area contributed by atoms with Gasteiger partial charge in [-0.05, 0) is 12.1 Å². The highest BCUT2D eigenvalue weighted by atomic mass is 32.2. The van der Waals surface area contributed by atoms with E-state index in [1.54, 1.807) is 16.7 Å². The molecule has 0 saturated carbocycles. The molecule has 9 heteroatoms. The van der Waals surface area contributed by atoms with Gasteiger partial charge in [0.05, 0.1) is 39.0 Å². The molecule has 0 radical (unpaired) electrons. The van der Waals surface area contributed by atoms with Crippen LogP contribution in [-0.2, 0) is 5.75 Å². The Morgan fingerprint density at radius 1 is 1.24 bits per heavy atom. The van der Waals surface area contributed by atoms with Crippen LogP contribution in [0.5, 0.6) is 0 Å². The molecule has 1 aliphatic rings. The van der Waals surface area contributed by atoms with Gasteiger partial charge in [0.2, 0.25) is 11.9 Å². The number of piperazine rings is 1. The molecule has 25 heavy (non-hydrogen) atoms. The molecule has 0 spiro atoms. The van der Waals surface area contributed by atoms with Crippen LogP contribution in [0.4, 0.5) is 17.6 Å². The number of benzene rings is 1. The number of nitrogens with one attached hydrogen (secondary N) is 2. The molecule has 2 aromatic rings. The quantitative estimate of drug-likeness (QED) is 0.667. The van der Waals surface area contributed by atoms with E-state index >= 15 is 0 Å². The van der Waals surface area contributed by atoms with Crippen molar-refractivity contribution >= 4 is 45.9 Å². The molecule has 0 aliphatic carbocycles. The number of anilines is 3. The van der Waals surface area contributed by atoms with Crippen LogP contribution in [0.3, 0.4) is 0 Å². The Hall–Kier alpha value is -1.97. The maximum atomic E-state index is 5.82. The molecule has 0 unspecified atom stereocenters. The van der Waals surface area contributed by atoms with Crippen molar-refractivity contribution in [2.24, 2.45) is 0 Å². The van der Waals surface area contributed by atoms with Gasteiger partial charge in [-0.15, -0.1) is 0 Å². The second-order valence-corrected chi connectivity index (χ2v) is 7.53. The number of hydrogen-bond donors (Lipinski definition) is 3. The monoisotopic (exact) mass is 376 g/mol. The third kappa shape index (κ3) is 5.25. The van der Waals surface area contributed by atoms with Gasteiger partial charge in [-0.25, -0.2) is 0 Å². The first kappa shape index (κ1) is 17.8. The summed E-state index contributed by atoms with van der Waals surface area (Å²) in [6.45, 7) is 4.23. The number of rotatable bonds is 4. The Kier molecular flexibility index (Phi) is 6.00. The number of para-hydroxylation sites is 1. The molecule has 0 bridgehead atoms. The number of thiocarbonyl (C=S) groups is 1. The summed E-state index contributed by atoms with van der Waals surface area (Å²) in [5.41, 5.74) is 6.72. The van der Waals surface area contributed by atoms with E-state index in [9.17, 15) is 0 Å². The van der Waals surface area contributed by atoms with E-state index < -0.39 is 0 Å². The topological polar surface area (TPSA) is 84.4 Å². The van der Waals surface area contributed by atoms with Crippen LogP contribution >= 0.6 is 24.0 Å². The van der Waals surface area contributed by atoms with E-state index in [-0.39, 0.29) is 5.95 Å². The van der Waals surface area contributed by atoms with Crippen molar-refractivity contribution in [3.63, 3.8) is 0 Å². The zero-order valence-electron chi connectivity index (χ0n) is 14.1. The number of nitrogens with zero attached hydrogens (tertiary/aromatic N) is 4. The number of nitrogens with two attached hydrogens (primary N) is 1. The zero-order valence-corrected chi connectivity index (χ0v) is 15.7. The van der Waals surface area contributed by atoms with E-state index in [1.165, 1.54) is 0 Å². The van der Waals surface area contributed by atoms with Crippen LogP contribution in [0.2, 0.25) is 0 Å². The van der Waals surface area contributed by atoms with Crippen LogP contribution in [0.15, 0.2) is 30.3 Å². The fraction of sp³-hybridized carbons (Fsp3) is 0.375. The number of quaternary nitrogens is 1. The minimum atomic E-state index is 0.207. The van der Waals surface area contributed by atoms with Crippen molar-refractivity contribution in [2.45, 2.75) is 5.75 Å².